The summed E-state index contributed by atoms with van der Waals surface area (Å²) in [5, 5.41) is 10.5. The van der Waals surface area contributed by atoms with E-state index in [2.05, 4.69) is 25.8 Å². The van der Waals surface area contributed by atoms with Crippen molar-refractivity contribution in [3.05, 3.63) is 41.3 Å². The lowest BCUT2D eigenvalue weighted by atomic mass is 10.1. The first kappa shape index (κ1) is 25.4. The maximum atomic E-state index is 14.4. The Balaban J connectivity index is 0.00000341. The highest BCUT2D eigenvalue weighted by atomic mass is 127. The molecule has 7 nitrogen and oxygen atoms in total. The Hall–Kier alpha value is -1.91. The molecule has 1 aromatic carbocycles. The summed E-state index contributed by atoms with van der Waals surface area (Å²) in [6.45, 7) is 9.84. The summed E-state index contributed by atoms with van der Waals surface area (Å²) in [6.07, 6.45) is 2.92. The normalized spacial score (nSPS) is 14.8. The van der Waals surface area contributed by atoms with E-state index in [0.29, 0.717) is 48.9 Å². The van der Waals surface area contributed by atoms with Crippen molar-refractivity contribution in [3.63, 3.8) is 0 Å². The molecule has 0 amide bonds. The molecule has 0 saturated heterocycles. The van der Waals surface area contributed by atoms with Gasteiger partial charge in [-0.15, -0.1) is 24.0 Å². The van der Waals surface area contributed by atoms with Crippen LogP contribution >= 0.6 is 24.0 Å². The molecular formula is C22H33FIN5O2. The monoisotopic (exact) mass is 545 g/mol. The lowest BCUT2D eigenvalue weighted by Gasteiger charge is -2.19. The fourth-order valence-corrected chi connectivity index (χ4v) is 2.87. The number of rotatable bonds is 10. The first-order valence-electron chi connectivity index (χ1n) is 10.8. The molecule has 0 radical (unpaired) electrons. The number of hydrogen-bond acceptors (Lipinski definition) is 5. The van der Waals surface area contributed by atoms with Crippen LogP contribution in [0.2, 0.25) is 0 Å². The molecule has 2 N–H and O–H groups in total. The molecule has 1 fully saturated rings. The van der Waals surface area contributed by atoms with Crippen LogP contribution in [0.1, 0.15) is 69.8 Å². The molecule has 172 valence electrons. The smallest absolute Gasteiger partial charge is 0.228 e. The van der Waals surface area contributed by atoms with E-state index in [9.17, 15) is 4.39 Å². The van der Waals surface area contributed by atoms with Crippen molar-refractivity contribution in [1.82, 2.24) is 20.8 Å². The second kappa shape index (κ2) is 12.2. The zero-order chi connectivity index (χ0) is 21.5. The van der Waals surface area contributed by atoms with Crippen molar-refractivity contribution in [2.75, 3.05) is 19.7 Å². The quantitative estimate of drug-likeness (QED) is 0.258. The second-order valence-corrected chi connectivity index (χ2v) is 8.02. The van der Waals surface area contributed by atoms with Gasteiger partial charge in [-0.25, -0.2) is 4.39 Å². The van der Waals surface area contributed by atoms with Crippen LogP contribution in [0.15, 0.2) is 27.7 Å². The van der Waals surface area contributed by atoms with Crippen LogP contribution in [0.5, 0.6) is 5.75 Å². The second-order valence-electron chi connectivity index (χ2n) is 8.02. The molecule has 0 aliphatic heterocycles. The summed E-state index contributed by atoms with van der Waals surface area (Å²) in [6, 6.07) is 5.00. The highest BCUT2D eigenvalue weighted by Gasteiger charge is 2.22. The molecular weight excluding hydrogens is 512 g/mol. The molecule has 1 heterocycles. The molecule has 1 atom stereocenters. The summed E-state index contributed by atoms with van der Waals surface area (Å²) in [7, 11) is 0. The van der Waals surface area contributed by atoms with E-state index >= 15 is 0 Å². The van der Waals surface area contributed by atoms with Crippen molar-refractivity contribution in [3.8, 4) is 5.75 Å². The van der Waals surface area contributed by atoms with Gasteiger partial charge in [-0.2, -0.15) is 4.98 Å². The fraction of sp³-hybridized carbons (Fsp3) is 0.591. The molecule has 31 heavy (non-hydrogen) atoms. The molecule has 1 aliphatic carbocycles. The Morgan fingerprint density at radius 2 is 2.10 bits per heavy atom. The number of guanidine groups is 1. The predicted octanol–water partition coefficient (Wildman–Crippen LogP) is 4.60. The van der Waals surface area contributed by atoms with E-state index in [0.717, 1.165) is 12.1 Å². The van der Waals surface area contributed by atoms with Crippen LogP contribution in [0, 0.1) is 11.7 Å². The summed E-state index contributed by atoms with van der Waals surface area (Å²) in [5.41, 5.74) is 0.829. The van der Waals surface area contributed by atoms with Crippen LogP contribution in [0.4, 0.5) is 4.39 Å². The molecule has 1 saturated carbocycles. The lowest BCUT2D eigenvalue weighted by Crippen LogP contribution is -2.38. The van der Waals surface area contributed by atoms with Crippen molar-refractivity contribution in [2.24, 2.45) is 10.9 Å². The Morgan fingerprint density at radius 1 is 1.32 bits per heavy atom. The van der Waals surface area contributed by atoms with E-state index in [1.165, 1.54) is 18.9 Å². The summed E-state index contributed by atoms with van der Waals surface area (Å²) >= 11 is 0. The van der Waals surface area contributed by atoms with Crippen LogP contribution in [0.3, 0.4) is 0 Å². The maximum Gasteiger partial charge on any atom is 0.228 e. The van der Waals surface area contributed by atoms with Crippen LogP contribution in [0.25, 0.3) is 0 Å². The van der Waals surface area contributed by atoms with Gasteiger partial charge < -0.3 is 19.9 Å². The number of aliphatic imine (C=N–C) groups is 1. The van der Waals surface area contributed by atoms with E-state index in [1.807, 2.05) is 33.8 Å². The van der Waals surface area contributed by atoms with Crippen LogP contribution < -0.4 is 15.4 Å². The molecule has 2 aromatic rings. The zero-order valence-corrected chi connectivity index (χ0v) is 21.0. The Kier molecular flexibility index (Phi) is 9.98. The largest absolute Gasteiger partial charge is 0.490 e. The SMILES string of the molecule is CCNC(=NCCc1nc(C(C)C)no1)NC(C)c1ccc(OCC2CC2)c(F)c1.I. The number of aromatic nitrogens is 2. The van der Waals surface area contributed by atoms with Crippen molar-refractivity contribution in [1.29, 1.82) is 0 Å². The van der Waals surface area contributed by atoms with Gasteiger partial charge in [0.1, 0.15) is 0 Å². The van der Waals surface area contributed by atoms with Crippen LogP contribution in [-0.2, 0) is 6.42 Å². The molecule has 0 bridgehead atoms. The third-order valence-corrected chi connectivity index (χ3v) is 4.92. The number of benzene rings is 1. The minimum Gasteiger partial charge on any atom is -0.490 e. The summed E-state index contributed by atoms with van der Waals surface area (Å²) in [5.74, 6) is 2.75. The Bertz CT molecular complexity index is 854. The molecule has 9 heteroatoms. The van der Waals surface area contributed by atoms with E-state index in [1.54, 1.807) is 6.07 Å². The number of hydrogen-bond donors (Lipinski definition) is 2. The molecule has 3 rings (SSSR count). The maximum absolute atomic E-state index is 14.4. The Morgan fingerprint density at radius 3 is 2.71 bits per heavy atom. The lowest BCUT2D eigenvalue weighted by molar-refractivity contribution is 0.285. The topological polar surface area (TPSA) is 84.6 Å². The fourth-order valence-electron chi connectivity index (χ4n) is 2.87. The number of nitrogens with one attached hydrogen (secondary N) is 2. The van der Waals surface area contributed by atoms with Gasteiger partial charge in [-0.3, -0.25) is 4.99 Å². The Labute approximate surface area is 200 Å². The number of halogens is 2. The average molecular weight is 545 g/mol. The van der Waals surface area contributed by atoms with Crippen molar-refractivity contribution in [2.45, 2.75) is 58.9 Å². The van der Waals surface area contributed by atoms with Crippen molar-refractivity contribution >= 4 is 29.9 Å². The minimum absolute atomic E-state index is 0. The van der Waals surface area contributed by atoms with Crippen molar-refractivity contribution < 1.29 is 13.7 Å². The van der Waals surface area contributed by atoms with E-state index in [-0.39, 0.29) is 41.8 Å². The van der Waals surface area contributed by atoms with E-state index in [4.69, 9.17) is 9.26 Å². The highest BCUT2D eigenvalue weighted by molar-refractivity contribution is 14.0. The molecule has 1 aromatic heterocycles. The van der Waals surface area contributed by atoms with Gasteiger partial charge in [-0.05, 0) is 50.3 Å². The standard InChI is InChI=1S/C22H32FN5O2.HI/c1-5-24-22(25-11-10-20-27-21(14(2)3)28-30-20)26-15(4)17-8-9-19(18(23)12-17)29-13-16-6-7-16;/h8-9,12,14-16H,5-7,10-11,13H2,1-4H3,(H2,24,25,26);1H. The summed E-state index contributed by atoms with van der Waals surface area (Å²) in [4.78, 5) is 8.94. The third kappa shape index (κ3) is 7.93. The molecule has 1 aliphatic rings. The van der Waals surface area contributed by atoms with Gasteiger partial charge in [0.05, 0.1) is 19.2 Å². The predicted molar refractivity (Wildman–Crippen MR) is 130 cm³/mol. The van der Waals surface area contributed by atoms with Gasteiger partial charge in [-0.1, -0.05) is 25.1 Å². The average Bonchev–Trinajstić information content (AvgIpc) is 3.42. The van der Waals surface area contributed by atoms with Gasteiger partial charge in [0, 0.05) is 18.9 Å². The van der Waals surface area contributed by atoms with E-state index < -0.39 is 0 Å². The number of nitrogens with zero attached hydrogens (tertiary/aromatic N) is 3. The summed E-state index contributed by atoms with van der Waals surface area (Å²) < 4.78 is 25.2. The van der Waals surface area contributed by atoms with Gasteiger partial charge in [0.15, 0.2) is 23.4 Å². The van der Waals surface area contributed by atoms with Gasteiger partial charge in [0.25, 0.3) is 0 Å². The van der Waals surface area contributed by atoms with Gasteiger partial charge >= 0.3 is 0 Å². The molecule has 1 unspecified atom stereocenters. The van der Waals surface area contributed by atoms with Gasteiger partial charge in [0.2, 0.25) is 5.89 Å². The molecule has 0 spiro atoms. The van der Waals surface area contributed by atoms with Crippen LogP contribution in [-0.4, -0.2) is 35.8 Å². The third-order valence-electron chi connectivity index (χ3n) is 4.92. The highest BCUT2D eigenvalue weighted by Crippen LogP contribution is 2.30. The first-order valence-corrected chi connectivity index (χ1v) is 10.8. The zero-order valence-electron chi connectivity index (χ0n) is 18.7. The first-order chi connectivity index (χ1) is 14.5. The minimum atomic E-state index is -0.332. The number of ether oxygens (including phenoxy) is 1.